The second-order valence-electron chi connectivity index (χ2n) is 4.71. The molecular weight excluding hydrogens is 264 g/mol. The van der Waals surface area contributed by atoms with Gasteiger partial charge in [-0.05, 0) is 25.3 Å². The molecule has 0 bridgehead atoms. The van der Waals surface area contributed by atoms with E-state index in [-0.39, 0.29) is 0 Å². The fourth-order valence-corrected chi connectivity index (χ4v) is 3.40. The molecular formula is C13H18N2O3S. The average Bonchev–Trinajstić information content (AvgIpc) is 2.93. The van der Waals surface area contributed by atoms with Gasteiger partial charge in [0.2, 0.25) is 5.91 Å². The van der Waals surface area contributed by atoms with Crippen LogP contribution in [0.2, 0.25) is 0 Å². The molecule has 1 aliphatic heterocycles. The topological polar surface area (TPSA) is 66.5 Å². The Labute approximate surface area is 113 Å². The SMILES string of the molecule is C[C@@H](C(=O)NS(=O)(=O)N1CCCC1)c1ccccc1. The lowest BCUT2D eigenvalue weighted by molar-refractivity contribution is -0.120. The zero-order valence-electron chi connectivity index (χ0n) is 10.9. The van der Waals surface area contributed by atoms with Crippen molar-refractivity contribution in [1.82, 2.24) is 9.03 Å². The van der Waals surface area contributed by atoms with Gasteiger partial charge in [-0.25, -0.2) is 4.72 Å². The molecule has 1 heterocycles. The van der Waals surface area contributed by atoms with Gasteiger partial charge in [0.15, 0.2) is 0 Å². The molecule has 5 nitrogen and oxygen atoms in total. The molecule has 0 unspecified atom stereocenters. The molecule has 1 aromatic rings. The molecule has 1 saturated heterocycles. The van der Waals surface area contributed by atoms with Crippen LogP contribution in [0.1, 0.15) is 31.2 Å². The van der Waals surface area contributed by atoms with E-state index in [1.165, 1.54) is 4.31 Å². The number of nitrogens with zero attached hydrogens (tertiary/aromatic N) is 1. The van der Waals surface area contributed by atoms with Crippen molar-refractivity contribution in [3.05, 3.63) is 35.9 Å². The highest BCUT2D eigenvalue weighted by molar-refractivity contribution is 7.87. The highest BCUT2D eigenvalue weighted by Crippen LogP contribution is 2.16. The van der Waals surface area contributed by atoms with Crippen molar-refractivity contribution in [2.75, 3.05) is 13.1 Å². The third-order valence-corrected chi connectivity index (χ3v) is 4.83. The zero-order valence-corrected chi connectivity index (χ0v) is 11.7. The molecule has 2 rings (SSSR count). The second kappa shape index (κ2) is 5.71. The molecule has 1 atom stereocenters. The third-order valence-electron chi connectivity index (χ3n) is 3.33. The van der Waals surface area contributed by atoms with Gasteiger partial charge in [0.1, 0.15) is 0 Å². The summed E-state index contributed by atoms with van der Waals surface area (Å²) in [5.74, 6) is -0.975. The molecule has 0 saturated carbocycles. The predicted molar refractivity (Wildman–Crippen MR) is 72.7 cm³/mol. The number of hydrogen-bond acceptors (Lipinski definition) is 3. The molecule has 1 aromatic carbocycles. The summed E-state index contributed by atoms with van der Waals surface area (Å²) in [6.07, 6.45) is 1.70. The number of carbonyl (C=O) groups is 1. The summed E-state index contributed by atoms with van der Waals surface area (Å²) in [6, 6.07) is 9.14. The van der Waals surface area contributed by atoms with Gasteiger partial charge in [-0.3, -0.25) is 4.79 Å². The van der Waals surface area contributed by atoms with Crippen molar-refractivity contribution in [3.8, 4) is 0 Å². The first kappa shape index (κ1) is 14.0. The minimum atomic E-state index is -3.68. The van der Waals surface area contributed by atoms with Gasteiger partial charge < -0.3 is 0 Å². The number of rotatable bonds is 4. The average molecular weight is 282 g/mol. The van der Waals surface area contributed by atoms with Gasteiger partial charge >= 0.3 is 10.2 Å². The van der Waals surface area contributed by atoms with Crippen LogP contribution in [-0.4, -0.2) is 31.7 Å². The lowest BCUT2D eigenvalue weighted by Gasteiger charge is -2.18. The van der Waals surface area contributed by atoms with Gasteiger partial charge in [0.25, 0.3) is 0 Å². The summed E-state index contributed by atoms with van der Waals surface area (Å²) in [4.78, 5) is 12.0. The van der Waals surface area contributed by atoms with E-state index < -0.39 is 22.0 Å². The summed E-state index contributed by atoms with van der Waals surface area (Å²) in [7, 11) is -3.68. The first-order chi connectivity index (χ1) is 9.00. The van der Waals surface area contributed by atoms with Crippen LogP contribution in [-0.2, 0) is 15.0 Å². The van der Waals surface area contributed by atoms with Gasteiger partial charge in [0, 0.05) is 13.1 Å². The zero-order chi connectivity index (χ0) is 13.9. The molecule has 1 amide bonds. The van der Waals surface area contributed by atoms with E-state index in [1.54, 1.807) is 6.92 Å². The Morgan fingerprint density at radius 3 is 2.37 bits per heavy atom. The number of hydrogen-bond donors (Lipinski definition) is 1. The van der Waals surface area contributed by atoms with Crippen LogP contribution in [0, 0.1) is 0 Å². The Bertz CT molecular complexity index is 536. The molecule has 1 fully saturated rings. The Kier molecular flexibility index (Phi) is 4.21. The summed E-state index contributed by atoms with van der Waals surface area (Å²) in [5, 5.41) is 0. The number of carbonyl (C=O) groups excluding carboxylic acids is 1. The fraction of sp³-hybridized carbons (Fsp3) is 0.462. The largest absolute Gasteiger partial charge is 0.303 e. The van der Waals surface area contributed by atoms with Crippen LogP contribution in [0.4, 0.5) is 0 Å². The van der Waals surface area contributed by atoms with E-state index in [4.69, 9.17) is 0 Å². The number of nitrogens with one attached hydrogen (secondary N) is 1. The first-order valence-corrected chi connectivity index (χ1v) is 7.81. The molecule has 19 heavy (non-hydrogen) atoms. The van der Waals surface area contributed by atoms with E-state index in [0.717, 1.165) is 18.4 Å². The quantitative estimate of drug-likeness (QED) is 0.903. The monoisotopic (exact) mass is 282 g/mol. The van der Waals surface area contributed by atoms with Gasteiger partial charge in [-0.1, -0.05) is 30.3 Å². The van der Waals surface area contributed by atoms with Crippen LogP contribution < -0.4 is 4.72 Å². The Hall–Kier alpha value is -1.40. The van der Waals surface area contributed by atoms with Crippen LogP contribution in [0.3, 0.4) is 0 Å². The summed E-state index contributed by atoms with van der Waals surface area (Å²) in [5.41, 5.74) is 0.802. The van der Waals surface area contributed by atoms with Gasteiger partial charge in [-0.2, -0.15) is 12.7 Å². The van der Waals surface area contributed by atoms with Crippen molar-refractivity contribution in [2.24, 2.45) is 0 Å². The molecule has 1 N–H and O–H groups in total. The third kappa shape index (κ3) is 3.33. The fourth-order valence-electron chi connectivity index (χ4n) is 2.10. The molecule has 6 heteroatoms. The lowest BCUT2D eigenvalue weighted by Crippen LogP contribution is -2.43. The van der Waals surface area contributed by atoms with Crippen molar-refractivity contribution in [3.63, 3.8) is 0 Å². The number of amides is 1. The molecule has 0 spiro atoms. The van der Waals surface area contributed by atoms with E-state index in [9.17, 15) is 13.2 Å². The van der Waals surface area contributed by atoms with Crippen LogP contribution in [0.25, 0.3) is 0 Å². The summed E-state index contributed by atoms with van der Waals surface area (Å²) >= 11 is 0. The highest BCUT2D eigenvalue weighted by atomic mass is 32.2. The maximum atomic E-state index is 12.0. The van der Waals surface area contributed by atoms with Gasteiger partial charge in [-0.15, -0.1) is 0 Å². The minimum Gasteiger partial charge on any atom is -0.273 e. The molecule has 0 radical (unpaired) electrons. The van der Waals surface area contributed by atoms with E-state index in [1.807, 2.05) is 30.3 Å². The maximum Gasteiger partial charge on any atom is 0.303 e. The van der Waals surface area contributed by atoms with Crippen molar-refractivity contribution >= 4 is 16.1 Å². The Morgan fingerprint density at radius 2 is 1.79 bits per heavy atom. The molecule has 1 aliphatic rings. The second-order valence-corrected chi connectivity index (χ2v) is 6.38. The van der Waals surface area contributed by atoms with E-state index >= 15 is 0 Å². The highest BCUT2D eigenvalue weighted by Gasteiger charge is 2.28. The van der Waals surface area contributed by atoms with Crippen molar-refractivity contribution in [1.29, 1.82) is 0 Å². The maximum absolute atomic E-state index is 12.0. The van der Waals surface area contributed by atoms with E-state index in [2.05, 4.69) is 4.72 Å². The standard InChI is InChI=1S/C13H18N2O3S/c1-11(12-7-3-2-4-8-12)13(16)14-19(17,18)15-9-5-6-10-15/h2-4,7-8,11H,5-6,9-10H2,1H3,(H,14,16)/t11-/m1/s1. The Balaban J connectivity index is 2.05. The first-order valence-electron chi connectivity index (χ1n) is 6.37. The van der Waals surface area contributed by atoms with Crippen molar-refractivity contribution < 1.29 is 13.2 Å². The van der Waals surface area contributed by atoms with E-state index in [0.29, 0.717) is 13.1 Å². The van der Waals surface area contributed by atoms with Crippen LogP contribution in [0.5, 0.6) is 0 Å². The molecule has 0 aliphatic carbocycles. The normalized spacial score (nSPS) is 18.2. The predicted octanol–water partition coefficient (Wildman–Crippen LogP) is 1.25. The summed E-state index contributed by atoms with van der Waals surface area (Å²) in [6.45, 7) is 2.68. The number of benzene rings is 1. The molecule has 0 aromatic heterocycles. The Morgan fingerprint density at radius 1 is 1.21 bits per heavy atom. The smallest absolute Gasteiger partial charge is 0.273 e. The van der Waals surface area contributed by atoms with Gasteiger partial charge in [0.05, 0.1) is 5.92 Å². The lowest BCUT2D eigenvalue weighted by atomic mass is 10.0. The van der Waals surface area contributed by atoms with Crippen molar-refractivity contribution in [2.45, 2.75) is 25.7 Å². The molecule has 104 valence electrons. The summed E-state index contributed by atoms with van der Waals surface area (Å²) < 4.78 is 27.4. The van der Waals surface area contributed by atoms with Crippen LogP contribution in [0.15, 0.2) is 30.3 Å². The van der Waals surface area contributed by atoms with Crippen LogP contribution >= 0.6 is 0 Å². The minimum absolute atomic E-state index is 0.487.